The molecule has 228 valence electrons. The molecule has 5 N–H and O–H groups in total. The van der Waals surface area contributed by atoms with Crippen LogP contribution in [0.3, 0.4) is 0 Å². The van der Waals surface area contributed by atoms with Gasteiger partial charge in [-0.3, -0.25) is 19.9 Å². The van der Waals surface area contributed by atoms with E-state index in [1.165, 1.54) is 46.2 Å². The first kappa shape index (κ1) is 31.0. The number of aromatic nitrogens is 1. The van der Waals surface area contributed by atoms with Gasteiger partial charge in [0.25, 0.3) is 17.7 Å². The molecule has 0 spiro atoms. The van der Waals surface area contributed by atoms with E-state index in [1.54, 1.807) is 38.9 Å². The lowest BCUT2D eigenvalue weighted by Gasteiger charge is -2.42. The van der Waals surface area contributed by atoms with Gasteiger partial charge in [0.2, 0.25) is 11.6 Å². The molecular weight excluding hydrogens is 566 g/mol. The van der Waals surface area contributed by atoms with Gasteiger partial charge in [0, 0.05) is 51.4 Å². The van der Waals surface area contributed by atoms with Gasteiger partial charge >= 0.3 is 5.97 Å². The molecule has 43 heavy (non-hydrogen) atoms. The molecule has 0 unspecified atom stereocenters. The maximum Gasteiger partial charge on any atom is 0.323 e. The normalized spacial score (nSPS) is 13.9. The van der Waals surface area contributed by atoms with E-state index in [1.807, 2.05) is 0 Å². The second kappa shape index (κ2) is 12.1. The number of nitrogens with one attached hydrogen (secondary N) is 1. The molecule has 1 aromatic heterocycles. The second-order valence-electron chi connectivity index (χ2n) is 10.6. The summed E-state index contributed by atoms with van der Waals surface area (Å²) in [6.45, 7) is 3.59. The molecule has 1 aliphatic rings. The molecule has 1 amide bonds. The number of aliphatic carboxylic acids is 1. The molecule has 14 heteroatoms. The zero-order valence-corrected chi connectivity index (χ0v) is 24.0. The monoisotopic (exact) mass is 598 g/mol. The molecule has 2 aromatic carbocycles. The minimum atomic E-state index is -1.20. The third-order valence-corrected chi connectivity index (χ3v) is 7.08. The Labute approximate surface area is 246 Å². The van der Waals surface area contributed by atoms with Gasteiger partial charge in [-0.2, -0.15) is 13.8 Å². The highest BCUT2D eigenvalue weighted by Gasteiger charge is 2.38. The largest absolute Gasteiger partial charge is 0.504 e. The average molecular weight is 599 g/mol. The number of hydrogen-bond donors (Lipinski definition) is 4. The lowest BCUT2D eigenvalue weighted by molar-refractivity contribution is -0.149. The maximum absolute atomic E-state index is 16.0. The molecule has 12 nitrogen and oxygen atoms in total. The van der Waals surface area contributed by atoms with Gasteiger partial charge in [-0.15, -0.1) is 0 Å². The van der Waals surface area contributed by atoms with Crippen molar-refractivity contribution < 1.29 is 38.1 Å². The van der Waals surface area contributed by atoms with Crippen molar-refractivity contribution >= 4 is 23.4 Å². The summed E-state index contributed by atoms with van der Waals surface area (Å²) < 4.78 is 43.3. The van der Waals surface area contributed by atoms with Crippen LogP contribution >= 0.6 is 0 Å². The number of amidine groups is 1. The minimum Gasteiger partial charge on any atom is -0.504 e. The number of nitrogen functional groups attached to an aromatic ring is 1. The summed E-state index contributed by atoms with van der Waals surface area (Å²) >= 11 is 0. The number of amides is 1. The van der Waals surface area contributed by atoms with E-state index in [9.17, 15) is 19.8 Å². The number of carboxylic acids is 1. The lowest BCUT2D eigenvalue weighted by atomic mass is 10.0. The van der Waals surface area contributed by atoms with Gasteiger partial charge in [0.1, 0.15) is 22.8 Å². The van der Waals surface area contributed by atoms with Crippen LogP contribution in [0.25, 0.3) is 0 Å². The van der Waals surface area contributed by atoms with Crippen LogP contribution in [-0.4, -0.2) is 88.5 Å². The lowest BCUT2D eigenvalue weighted by Crippen LogP contribution is -2.58. The molecule has 0 saturated carbocycles. The Balaban J connectivity index is 1.77. The van der Waals surface area contributed by atoms with Crippen LogP contribution in [-0.2, 0) is 4.79 Å². The number of carbonyl (C=O) groups is 2. The number of nitrogens with two attached hydrogens (primary N) is 1. The van der Waals surface area contributed by atoms with Crippen LogP contribution in [0.1, 0.15) is 29.8 Å². The van der Waals surface area contributed by atoms with E-state index in [4.69, 9.17) is 20.6 Å². The topological polar surface area (TPSA) is 166 Å². The molecule has 0 radical (unpaired) electrons. The van der Waals surface area contributed by atoms with Crippen LogP contribution in [0.2, 0.25) is 0 Å². The summed E-state index contributed by atoms with van der Waals surface area (Å²) in [6.07, 6.45) is 0. The number of hydrogen-bond acceptors (Lipinski definition) is 9. The summed E-state index contributed by atoms with van der Waals surface area (Å²) in [4.78, 5) is 32.5. The summed E-state index contributed by atoms with van der Waals surface area (Å²) in [5, 5.41) is 27.6. The first-order valence-electron chi connectivity index (χ1n) is 13.2. The summed E-state index contributed by atoms with van der Waals surface area (Å²) in [5.74, 6) is -6.13. The molecule has 2 heterocycles. The van der Waals surface area contributed by atoms with Crippen molar-refractivity contribution in [1.82, 2.24) is 14.8 Å². The number of phenols is 1. The van der Waals surface area contributed by atoms with Gasteiger partial charge in [-0.25, -0.2) is 0 Å². The second-order valence-corrected chi connectivity index (χ2v) is 10.6. The van der Waals surface area contributed by atoms with Gasteiger partial charge in [0.05, 0.1) is 0 Å². The highest BCUT2D eigenvalue weighted by molar-refractivity contribution is 5.95. The number of halogens is 2. The number of carboxylic acid groups (broad SMARTS) is 1. The molecule has 0 aliphatic carbocycles. The molecule has 4 rings (SSSR count). The predicted molar refractivity (Wildman–Crippen MR) is 153 cm³/mol. The van der Waals surface area contributed by atoms with E-state index in [-0.39, 0.29) is 60.5 Å². The maximum atomic E-state index is 16.0. The summed E-state index contributed by atoms with van der Waals surface area (Å²) in [6, 6.07) is 9.67. The standard InChI is InChI=1S/C29H32F2N6O6/c1-29(2,28(40)41)37-12-10-36(11-13-37)23-21(30)25(42-18-7-5-6-17(14-18)27(39)35(3)4)34-26(22(23)31)43-20-15-16(24(32)33)8-9-19(20)38/h5-9,14-15,38H,10-13H2,1-4H3,(H3,32,33)(H,40,41). The van der Waals surface area contributed by atoms with Crippen LogP contribution in [0.4, 0.5) is 14.5 Å². The van der Waals surface area contributed by atoms with Gasteiger partial charge < -0.3 is 35.2 Å². The number of anilines is 1. The highest BCUT2D eigenvalue weighted by Crippen LogP contribution is 2.40. The van der Waals surface area contributed by atoms with E-state index in [0.717, 1.165) is 0 Å². The fourth-order valence-corrected chi connectivity index (χ4v) is 4.46. The summed E-state index contributed by atoms with van der Waals surface area (Å²) in [7, 11) is 3.14. The fourth-order valence-electron chi connectivity index (χ4n) is 4.46. The SMILES string of the molecule is CN(C)C(=O)c1cccc(Oc2nc(Oc3cc(C(=N)N)ccc3O)c(F)c(N3CCN(C(C)(C)C(=O)O)CC3)c2F)c1. The van der Waals surface area contributed by atoms with Crippen LogP contribution in [0.5, 0.6) is 29.0 Å². The minimum absolute atomic E-state index is 0.0389. The Hall–Kier alpha value is -4.98. The van der Waals surface area contributed by atoms with Crippen molar-refractivity contribution in [2.75, 3.05) is 45.2 Å². The van der Waals surface area contributed by atoms with Gasteiger partial charge in [0.15, 0.2) is 11.5 Å². The molecule has 1 aliphatic heterocycles. The molecule has 0 atom stereocenters. The van der Waals surface area contributed by atoms with Crippen molar-refractivity contribution in [1.29, 1.82) is 5.41 Å². The third-order valence-electron chi connectivity index (χ3n) is 7.08. The Bertz CT molecular complexity index is 1570. The zero-order chi connectivity index (χ0) is 31.6. The van der Waals surface area contributed by atoms with E-state index in [2.05, 4.69) is 4.98 Å². The number of carbonyl (C=O) groups excluding carboxylic acids is 1. The third kappa shape index (κ3) is 6.43. The Morgan fingerprint density at radius 1 is 1.00 bits per heavy atom. The Kier molecular flexibility index (Phi) is 8.71. The van der Waals surface area contributed by atoms with Crippen LogP contribution in [0, 0.1) is 17.0 Å². The first-order chi connectivity index (χ1) is 20.2. The highest BCUT2D eigenvalue weighted by atomic mass is 19.1. The van der Waals surface area contributed by atoms with E-state index >= 15 is 8.78 Å². The molecule has 3 aromatic rings. The zero-order valence-electron chi connectivity index (χ0n) is 24.0. The van der Waals surface area contributed by atoms with Gasteiger partial charge in [-0.05, 0) is 50.2 Å². The first-order valence-corrected chi connectivity index (χ1v) is 13.2. The fraction of sp³-hybridized carbons (Fsp3) is 0.310. The number of rotatable bonds is 9. The Morgan fingerprint density at radius 3 is 2.21 bits per heavy atom. The smallest absolute Gasteiger partial charge is 0.323 e. The van der Waals surface area contributed by atoms with E-state index in [0.29, 0.717) is 0 Å². The van der Waals surface area contributed by atoms with Crippen molar-refractivity contribution in [3.05, 3.63) is 65.2 Å². The number of piperazine rings is 1. The molecular formula is C29H32F2N6O6. The van der Waals surface area contributed by atoms with Crippen molar-refractivity contribution in [3.63, 3.8) is 0 Å². The van der Waals surface area contributed by atoms with E-state index < -0.39 is 46.3 Å². The Morgan fingerprint density at radius 2 is 1.63 bits per heavy atom. The van der Waals surface area contributed by atoms with Crippen molar-refractivity contribution in [2.24, 2.45) is 5.73 Å². The van der Waals surface area contributed by atoms with Crippen molar-refractivity contribution in [3.8, 4) is 29.0 Å². The predicted octanol–water partition coefficient (Wildman–Crippen LogP) is 3.62. The quantitative estimate of drug-likeness (QED) is 0.211. The van der Waals surface area contributed by atoms with Crippen LogP contribution < -0.4 is 20.1 Å². The number of benzene rings is 2. The number of nitrogens with zero attached hydrogens (tertiary/aromatic N) is 4. The van der Waals surface area contributed by atoms with Crippen molar-refractivity contribution in [2.45, 2.75) is 19.4 Å². The van der Waals surface area contributed by atoms with Crippen LogP contribution in [0.15, 0.2) is 42.5 Å². The molecule has 1 saturated heterocycles. The number of aromatic hydroxyl groups is 1. The average Bonchev–Trinajstić information content (AvgIpc) is 2.96. The number of pyridine rings is 1. The number of ether oxygens (including phenoxy) is 2. The molecule has 0 bridgehead atoms. The van der Waals surface area contributed by atoms with Gasteiger partial charge in [-0.1, -0.05) is 6.07 Å². The molecule has 1 fully saturated rings. The summed E-state index contributed by atoms with van der Waals surface area (Å²) in [5.41, 5.74) is 4.23. The number of phenolic OH excluding ortho intramolecular Hbond substituents is 1.